The predicted molar refractivity (Wildman–Crippen MR) is 208 cm³/mol. The molecule has 2 aromatic carbocycles. The summed E-state index contributed by atoms with van der Waals surface area (Å²) in [6.45, 7) is 16.6. The van der Waals surface area contributed by atoms with Crippen molar-refractivity contribution in [2.45, 2.75) is 0 Å². The minimum atomic E-state index is -0.302. The van der Waals surface area contributed by atoms with Gasteiger partial charge in [0.25, 0.3) is 11.8 Å². The number of piperazine rings is 2. The fourth-order valence-electron chi connectivity index (χ4n) is 6.61. The van der Waals surface area contributed by atoms with Gasteiger partial charge in [0.15, 0.2) is 5.78 Å². The highest BCUT2D eigenvalue weighted by molar-refractivity contribution is 6.02. The summed E-state index contributed by atoms with van der Waals surface area (Å²) in [6.07, 6.45) is 7.72. The summed E-state index contributed by atoms with van der Waals surface area (Å²) in [6, 6.07) is 16.2. The number of allylic oxidation sites excluding steroid dienone is 3. The number of hydrogen-bond acceptors (Lipinski definition) is 6. The van der Waals surface area contributed by atoms with Crippen LogP contribution in [0.1, 0.15) is 11.1 Å². The van der Waals surface area contributed by atoms with Crippen LogP contribution in [-0.2, 0) is 14.4 Å². The molecule has 2 saturated heterocycles. The summed E-state index contributed by atoms with van der Waals surface area (Å²) in [4.78, 5) is 44.9. The van der Waals surface area contributed by atoms with Crippen LogP contribution < -0.4 is 9.80 Å². The average Bonchev–Trinajstić information content (AvgIpc) is 3.10. The zero-order chi connectivity index (χ0) is 37.3. The summed E-state index contributed by atoms with van der Waals surface area (Å²) >= 11 is 0. The van der Waals surface area contributed by atoms with Gasteiger partial charge in [-0.1, -0.05) is 49.6 Å². The molecule has 51 heavy (non-hydrogen) atoms. The fourth-order valence-corrected chi connectivity index (χ4v) is 6.61. The number of aliphatic hydroxyl groups excluding tert-OH is 1. The number of carbonyl (C=O) groups excluding carboxylic acids is 3. The first kappa shape index (κ1) is 38.9. The number of nitrogens with zero attached hydrogens (tertiary/aromatic N) is 6. The van der Waals surface area contributed by atoms with Crippen LogP contribution in [0.2, 0.25) is 0 Å². The zero-order valence-electron chi connectivity index (χ0n) is 31.3. The first-order chi connectivity index (χ1) is 24.1. The van der Waals surface area contributed by atoms with E-state index in [2.05, 4.69) is 61.3 Å². The second kappa shape index (κ2) is 16.9. The van der Waals surface area contributed by atoms with Crippen LogP contribution in [0.3, 0.4) is 0 Å². The molecule has 10 nitrogen and oxygen atoms in total. The number of amides is 2. The maximum absolute atomic E-state index is 12.5. The van der Waals surface area contributed by atoms with Gasteiger partial charge < -0.3 is 33.7 Å². The van der Waals surface area contributed by atoms with Gasteiger partial charge in [-0.05, 0) is 47.5 Å². The highest BCUT2D eigenvalue weighted by Gasteiger charge is 2.32. The third-order valence-corrected chi connectivity index (χ3v) is 9.89. The van der Waals surface area contributed by atoms with Crippen LogP contribution in [0.5, 0.6) is 0 Å². The molecule has 0 unspecified atom stereocenters. The monoisotopic (exact) mass is 696 g/mol. The molecule has 1 N–H and O–H groups in total. The lowest BCUT2D eigenvalue weighted by atomic mass is 10.1. The normalized spacial score (nSPS) is 17.4. The van der Waals surface area contributed by atoms with E-state index in [9.17, 15) is 19.5 Å². The molecule has 2 aliphatic heterocycles. The van der Waals surface area contributed by atoms with E-state index in [-0.39, 0.29) is 23.4 Å². The first-order valence-corrected chi connectivity index (χ1v) is 17.5. The van der Waals surface area contributed by atoms with E-state index in [4.69, 9.17) is 0 Å². The molecule has 2 aliphatic rings. The van der Waals surface area contributed by atoms with Crippen molar-refractivity contribution in [3.8, 4) is 0 Å². The SMILES string of the molecule is C=C(C[N+]1(C)CCN(c2ccc(/C=C/C(=O)/C=C(O)/C=C/c3ccc(N4CC[N+](C)(CC(=C)C(=O)N(C)C)CC4)cc3)cc2)CC1)C(=O)N(C)C. The van der Waals surface area contributed by atoms with Gasteiger partial charge in [0.05, 0.1) is 77.6 Å². The molecule has 2 amide bonds. The number of anilines is 2. The van der Waals surface area contributed by atoms with E-state index in [1.165, 1.54) is 18.2 Å². The average molecular weight is 697 g/mol. The Hall–Kier alpha value is -4.93. The second-order valence-electron chi connectivity index (χ2n) is 14.9. The van der Waals surface area contributed by atoms with Crippen molar-refractivity contribution >= 4 is 41.1 Å². The summed E-state index contributed by atoms with van der Waals surface area (Å²) in [5.41, 5.74) is 5.35. The van der Waals surface area contributed by atoms with Gasteiger partial charge in [-0.25, -0.2) is 0 Å². The van der Waals surface area contributed by atoms with E-state index < -0.39 is 0 Å². The molecular formula is C41H56N6O4+2. The van der Waals surface area contributed by atoms with Crippen molar-refractivity contribution in [3.05, 3.63) is 108 Å². The topological polar surface area (TPSA) is 84.4 Å². The second-order valence-corrected chi connectivity index (χ2v) is 14.9. The Bertz CT molecular complexity index is 1670. The molecule has 272 valence electrons. The molecule has 4 rings (SSSR count). The standard InChI is InChI=1S/C41H55N6O4/c1-32(40(50)42(3)4)30-46(7)25-21-44(22-26-46)36-15-9-34(10-16-36)13-19-38(48)29-39(49)20-14-35-11-17-37(18-12-35)45-23-27-47(8,28-24-45)31-33(2)41(51)43(5)6/h9-20,29H,1-2,21-28,30-31H2,3-8H3/q+1/p+1/b19-13+,20-14+. The van der Waals surface area contributed by atoms with Crippen LogP contribution in [0.25, 0.3) is 12.2 Å². The Morgan fingerprint density at radius 2 is 1.02 bits per heavy atom. The number of benzene rings is 2. The van der Waals surface area contributed by atoms with Gasteiger partial charge in [0.1, 0.15) is 18.8 Å². The summed E-state index contributed by atoms with van der Waals surface area (Å²) in [5, 5.41) is 10.4. The number of hydrogen-bond donors (Lipinski definition) is 1. The van der Waals surface area contributed by atoms with Crippen molar-refractivity contribution in [3.63, 3.8) is 0 Å². The molecule has 0 aromatic heterocycles. The van der Waals surface area contributed by atoms with Gasteiger partial charge in [-0.15, -0.1) is 0 Å². The summed E-state index contributed by atoms with van der Waals surface area (Å²) < 4.78 is 1.58. The molecule has 0 saturated carbocycles. The van der Waals surface area contributed by atoms with Crippen molar-refractivity contribution in [2.24, 2.45) is 0 Å². The maximum atomic E-state index is 12.5. The van der Waals surface area contributed by atoms with Crippen molar-refractivity contribution < 1.29 is 28.5 Å². The zero-order valence-corrected chi connectivity index (χ0v) is 31.3. The fraction of sp³-hybridized carbons (Fsp3) is 0.390. The number of likely N-dealkylation sites (N-methyl/N-ethyl adjacent to an activating group) is 4. The van der Waals surface area contributed by atoms with Crippen molar-refractivity contribution in [1.82, 2.24) is 9.80 Å². The minimum Gasteiger partial charge on any atom is -0.508 e. The number of carbonyl (C=O) groups is 3. The maximum Gasteiger partial charge on any atom is 0.254 e. The number of ketones is 1. The molecule has 2 heterocycles. The molecule has 2 fully saturated rings. The number of aliphatic hydroxyl groups is 1. The van der Waals surface area contributed by atoms with E-state index in [0.717, 1.165) is 83.8 Å². The van der Waals surface area contributed by atoms with Crippen LogP contribution in [-0.4, -0.2) is 149 Å². The predicted octanol–water partition coefficient (Wildman–Crippen LogP) is 4.25. The lowest BCUT2D eigenvalue weighted by molar-refractivity contribution is -0.905. The molecule has 2 aromatic rings. The van der Waals surface area contributed by atoms with E-state index in [1.807, 2.05) is 24.3 Å². The largest absolute Gasteiger partial charge is 0.508 e. The quantitative estimate of drug-likeness (QED) is 0.146. The van der Waals surface area contributed by atoms with Crippen LogP contribution in [0, 0.1) is 0 Å². The lowest BCUT2D eigenvalue weighted by Gasteiger charge is -2.43. The molecule has 0 aliphatic carbocycles. The third kappa shape index (κ3) is 11.0. The van der Waals surface area contributed by atoms with Gasteiger partial charge in [0, 0.05) is 45.6 Å². The Morgan fingerprint density at radius 3 is 1.37 bits per heavy atom. The minimum absolute atomic E-state index is 0.0126. The first-order valence-electron chi connectivity index (χ1n) is 17.5. The molecular weight excluding hydrogens is 640 g/mol. The van der Waals surface area contributed by atoms with E-state index in [0.29, 0.717) is 24.2 Å². The van der Waals surface area contributed by atoms with Crippen LogP contribution >= 0.6 is 0 Å². The molecule has 0 bridgehead atoms. The highest BCUT2D eigenvalue weighted by Crippen LogP contribution is 2.23. The molecule has 0 atom stereocenters. The number of rotatable bonds is 13. The van der Waals surface area contributed by atoms with Gasteiger partial charge >= 0.3 is 0 Å². The lowest BCUT2D eigenvalue weighted by Crippen LogP contribution is -2.58. The van der Waals surface area contributed by atoms with Crippen molar-refractivity contribution in [1.29, 1.82) is 0 Å². The molecule has 0 radical (unpaired) electrons. The highest BCUT2D eigenvalue weighted by atomic mass is 16.3. The van der Waals surface area contributed by atoms with Gasteiger partial charge in [-0.3, -0.25) is 14.4 Å². The number of quaternary nitrogens is 2. The van der Waals surface area contributed by atoms with E-state index in [1.54, 1.807) is 50.1 Å². The molecule has 10 heteroatoms. The van der Waals surface area contributed by atoms with E-state index >= 15 is 0 Å². The molecule has 0 spiro atoms. The Labute approximate surface area is 304 Å². The van der Waals surface area contributed by atoms with Crippen LogP contribution in [0.4, 0.5) is 11.4 Å². The smallest absolute Gasteiger partial charge is 0.254 e. The third-order valence-electron chi connectivity index (χ3n) is 9.89. The van der Waals surface area contributed by atoms with Crippen molar-refractivity contribution in [2.75, 3.05) is 118 Å². The van der Waals surface area contributed by atoms with Gasteiger partial charge in [-0.2, -0.15) is 0 Å². The Kier molecular flexibility index (Phi) is 12.8. The Morgan fingerprint density at radius 1 is 0.667 bits per heavy atom. The summed E-state index contributed by atoms with van der Waals surface area (Å²) in [7, 11) is 11.4. The summed E-state index contributed by atoms with van der Waals surface area (Å²) in [5.74, 6) is -0.442. The Balaban J connectivity index is 1.23. The van der Waals surface area contributed by atoms with Gasteiger partial charge in [0.2, 0.25) is 0 Å². The van der Waals surface area contributed by atoms with Crippen LogP contribution in [0.15, 0.2) is 96.8 Å².